The van der Waals surface area contributed by atoms with Crippen LogP contribution < -0.4 is 21.3 Å². The largest absolute Gasteiger partial charge is 0.481 e. The average molecular weight is 497 g/mol. The fraction of sp³-hybridized carbons (Fsp3) is 0.407. The van der Waals surface area contributed by atoms with Crippen LogP contribution in [0.15, 0.2) is 54.6 Å². The number of benzene rings is 2. The Kier molecular flexibility index (Phi) is 12.5. The van der Waals surface area contributed by atoms with E-state index in [1.54, 1.807) is 12.1 Å². The summed E-state index contributed by atoms with van der Waals surface area (Å²) in [5, 5.41) is 20.0. The van der Waals surface area contributed by atoms with Crippen LogP contribution in [0.5, 0.6) is 0 Å². The number of amides is 4. The Bertz CT molecular complexity index is 979. The molecule has 2 rings (SSSR count). The van der Waals surface area contributed by atoms with Gasteiger partial charge < -0.3 is 26.4 Å². The van der Waals surface area contributed by atoms with Crippen LogP contribution in [0.4, 0.5) is 4.79 Å². The summed E-state index contributed by atoms with van der Waals surface area (Å²) in [7, 11) is 0. The molecule has 0 aromatic heterocycles. The molecule has 2 aromatic rings. The zero-order chi connectivity index (χ0) is 26.2. The van der Waals surface area contributed by atoms with Gasteiger partial charge in [0.2, 0.25) is 11.8 Å². The number of aliphatic carboxylic acids is 1. The smallest absolute Gasteiger partial charge is 0.314 e. The zero-order valence-electron chi connectivity index (χ0n) is 20.7. The number of urea groups is 1. The number of unbranched alkanes of at least 4 members (excludes halogenated alkanes) is 2. The highest BCUT2D eigenvalue weighted by Gasteiger charge is 2.18. The first-order chi connectivity index (χ1) is 17.4. The van der Waals surface area contributed by atoms with E-state index in [4.69, 9.17) is 0 Å². The van der Waals surface area contributed by atoms with Crippen molar-refractivity contribution < 1.29 is 24.3 Å². The number of carboxylic acids is 1. The number of carboxylic acid groups (broad SMARTS) is 1. The van der Waals surface area contributed by atoms with Gasteiger partial charge in [0, 0.05) is 19.5 Å². The van der Waals surface area contributed by atoms with Crippen molar-refractivity contribution in [3.8, 4) is 11.1 Å². The van der Waals surface area contributed by atoms with Crippen molar-refractivity contribution in [2.24, 2.45) is 0 Å². The summed E-state index contributed by atoms with van der Waals surface area (Å²) in [6, 6.07) is 16.2. The Morgan fingerprint density at radius 1 is 0.778 bits per heavy atom. The van der Waals surface area contributed by atoms with Gasteiger partial charge in [-0.25, -0.2) is 4.79 Å². The molecule has 0 aliphatic heterocycles. The molecule has 9 nitrogen and oxygen atoms in total. The minimum absolute atomic E-state index is 0.213. The Morgan fingerprint density at radius 3 is 2.06 bits per heavy atom. The average Bonchev–Trinajstić information content (AvgIpc) is 2.87. The van der Waals surface area contributed by atoms with Gasteiger partial charge in [-0.05, 0) is 36.0 Å². The summed E-state index contributed by atoms with van der Waals surface area (Å²) >= 11 is 0. The van der Waals surface area contributed by atoms with Crippen LogP contribution in [0.3, 0.4) is 0 Å². The van der Waals surface area contributed by atoms with Crippen molar-refractivity contribution in [2.45, 2.75) is 51.5 Å². The molecule has 2 aromatic carbocycles. The first kappa shape index (κ1) is 28.4. The number of hydrogen-bond acceptors (Lipinski definition) is 4. The molecule has 4 amide bonds. The number of carbonyl (C=O) groups excluding carboxylic acids is 3. The van der Waals surface area contributed by atoms with E-state index in [0.29, 0.717) is 31.5 Å². The van der Waals surface area contributed by atoms with Crippen LogP contribution >= 0.6 is 0 Å². The summed E-state index contributed by atoms with van der Waals surface area (Å²) < 4.78 is 0. The van der Waals surface area contributed by atoms with Crippen molar-refractivity contribution >= 4 is 23.8 Å². The molecular weight excluding hydrogens is 460 g/mol. The van der Waals surface area contributed by atoms with Crippen molar-refractivity contribution in [1.29, 1.82) is 0 Å². The Morgan fingerprint density at radius 2 is 1.42 bits per heavy atom. The van der Waals surface area contributed by atoms with Gasteiger partial charge in [-0.2, -0.15) is 0 Å². The van der Waals surface area contributed by atoms with E-state index in [9.17, 15) is 24.3 Å². The molecule has 0 fully saturated rings. The van der Waals surface area contributed by atoms with Crippen molar-refractivity contribution in [2.75, 3.05) is 19.6 Å². The molecule has 0 bridgehead atoms. The molecule has 0 aliphatic rings. The fourth-order valence-electron chi connectivity index (χ4n) is 3.53. The van der Waals surface area contributed by atoms with Crippen LogP contribution in [0.25, 0.3) is 11.1 Å². The van der Waals surface area contributed by atoms with Gasteiger partial charge in [-0.1, -0.05) is 67.9 Å². The van der Waals surface area contributed by atoms with Crippen LogP contribution in [-0.4, -0.2) is 48.6 Å². The van der Waals surface area contributed by atoms with E-state index < -0.39 is 17.9 Å². The van der Waals surface area contributed by atoms with Crippen LogP contribution in [0, 0.1) is 0 Å². The fourth-order valence-corrected chi connectivity index (χ4v) is 3.53. The molecule has 0 spiro atoms. The maximum atomic E-state index is 12.4. The lowest BCUT2D eigenvalue weighted by atomic mass is 9.99. The second-order valence-electron chi connectivity index (χ2n) is 8.48. The first-order valence-corrected chi connectivity index (χ1v) is 12.3. The number of carbonyl (C=O) groups is 4. The quantitative estimate of drug-likeness (QED) is 0.241. The van der Waals surface area contributed by atoms with Gasteiger partial charge in [-0.15, -0.1) is 0 Å². The monoisotopic (exact) mass is 496 g/mol. The van der Waals surface area contributed by atoms with Crippen molar-refractivity contribution in [3.63, 3.8) is 0 Å². The molecule has 0 radical (unpaired) electrons. The third-order valence-electron chi connectivity index (χ3n) is 5.51. The minimum Gasteiger partial charge on any atom is -0.481 e. The minimum atomic E-state index is -1.04. The highest BCUT2D eigenvalue weighted by Crippen LogP contribution is 2.23. The topological polar surface area (TPSA) is 137 Å². The van der Waals surface area contributed by atoms with E-state index in [-0.39, 0.29) is 31.3 Å². The summed E-state index contributed by atoms with van der Waals surface area (Å²) in [6.45, 7) is 2.91. The Hall–Kier alpha value is -3.88. The highest BCUT2D eigenvalue weighted by atomic mass is 16.4. The summed E-state index contributed by atoms with van der Waals surface area (Å²) in [4.78, 5) is 47.3. The van der Waals surface area contributed by atoms with E-state index >= 15 is 0 Å². The molecule has 1 atom stereocenters. The van der Waals surface area contributed by atoms with Gasteiger partial charge >= 0.3 is 12.0 Å². The second kappa shape index (κ2) is 15.9. The van der Waals surface area contributed by atoms with E-state index in [2.05, 4.69) is 21.3 Å². The van der Waals surface area contributed by atoms with E-state index in [1.807, 2.05) is 49.4 Å². The maximum absolute atomic E-state index is 12.4. The predicted octanol–water partition coefficient (Wildman–Crippen LogP) is 3.37. The SMILES string of the molecule is CCCCNC(=O)NCCCCC(=O)NCC(=O)NC(CC(=O)O)c1ccc(-c2ccccc2)cc1. The predicted molar refractivity (Wildman–Crippen MR) is 138 cm³/mol. The second-order valence-corrected chi connectivity index (χ2v) is 8.48. The lowest BCUT2D eigenvalue weighted by Crippen LogP contribution is -2.39. The van der Waals surface area contributed by atoms with Crippen molar-refractivity contribution in [1.82, 2.24) is 21.3 Å². The highest BCUT2D eigenvalue weighted by molar-refractivity contribution is 5.85. The van der Waals surface area contributed by atoms with Crippen LogP contribution in [-0.2, 0) is 14.4 Å². The van der Waals surface area contributed by atoms with Gasteiger partial charge in [0.05, 0.1) is 19.0 Å². The van der Waals surface area contributed by atoms with Gasteiger partial charge in [0.25, 0.3) is 0 Å². The number of hydrogen-bond donors (Lipinski definition) is 5. The van der Waals surface area contributed by atoms with Crippen LogP contribution in [0.1, 0.15) is 57.1 Å². The van der Waals surface area contributed by atoms with Crippen LogP contribution in [0.2, 0.25) is 0 Å². The summed E-state index contributed by atoms with van der Waals surface area (Å²) in [5.74, 6) is -1.78. The van der Waals surface area contributed by atoms with Gasteiger partial charge in [0.1, 0.15) is 0 Å². The number of rotatable bonds is 15. The molecule has 0 heterocycles. The molecule has 1 unspecified atom stereocenters. The first-order valence-electron chi connectivity index (χ1n) is 12.3. The Labute approximate surface area is 212 Å². The Balaban J connectivity index is 1.74. The molecule has 36 heavy (non-hydrogen) atoms. The van der Waals surface area contributed by atoms with E-state index in [0.717, 1.165) is 24.0 Å². The van der Waals surface area contributed by atoms with Crippen molar-refractivity contribution in [3.05, 3.63) is 60.2 Å². The maximum Gasteiger partial charge on any atom is 0.314 e. The molecule has 0 saturated heterocycles. The lowest BCUT2D eigenvalue weighted by Gasteiger charge is -2.18. The molecule has 0 saturated carbocycles. The lowest BCUT2D eigenvalue weighted by molar-refractivity contribution is -0.138. The van der Waals surface area contributed by atoms with Gasteiger partial charge in [-0.3, -0.25) is 14.4 Å². The summed E-state index contributed by atoms with van der Waals surface area (Å²) in [6.07, 6.45) is 3.10. The summed E-state index contributed by atoms with van der Waals surface area (Å²) in [5.41, 5.74) is 2.69. The van der Waals surface area contributed by atoms with Gasteiger partial charge in [0.15, 0.2) is 0 Å². The molecule has 9 heteroatoms. The number of nitrogens with one attached hydrogen (secondary N) is 4. The van der Waals surface area contributed by atoms with E-state index in [1.165, 1.54) is 0 Å². The standard InChI is InChI=1S/C27H36N4O5/c1-2-3-16-28-27(36)29-17-8-7-11-24(32)30-19-25(33)31-23(18-26(34)35)22-14-12-21(13-15-22)20-9-5-4-6-10-20/h4-6,9-10,12-15,23H,2-3,7-8,11,16-19H2,1H3,(H,30,32)(H,31,33)(H,34,35)(H2,28,29,36). The molecule has 5 N–H and O–H groups in total. The molecular formula is C27H36N4O5. The normalized spacial score (nSPS) is 11.2. The molecule has 194 valence electrons. The third-order valence-corrected chi connectivity index (χ3v) is 5.51. The molecule has 0 aliphatic carbocycles. The third kappa shape index (κ3) is 11.0. The zero-order valence-corrected chi connectivity index (χ0v) is 20.7.